The standard InChI is InChI=1S/C24H30N2O/c1-18-15-25-17-21-12-11-20(14-23(18)21)16-26-19(2)8-7-13-24(3,27)22-9-5-4-6-10-22/h4-6,9-12,14-15,17,19,26-27H,7-8,13,16H2,1-3H3/t19-,24?/m1/s1. The van der Waals surface area contributed by atoms with Crippen LogP contribution in [-0.2, 0) is 12.1 Å². The van der Waals surface area contributed by atoms with E-state index in [0.29, 0.717) is 6.04 Å². The molecule has 1 heterocycles. The molecule has 2 aromatic carbocycles. The summed E-state index contributed by atoms with van der Waals surface area (Å²) in [6.07, 6.45) is 6.63. The lowest BCUT2D eigenvalue weighted by Gasteiger charge is -2.24. The van der Waals surface area contributed by atoms with Crippen molar-refractivity contribution in [3.63, 3.8) is 0 Å². The van der Waals surface area contributed by atoms with Crippen molar-refractivity contribution in [3.05, 3.63) is 77.6 Å². The number of hydrogen-bond donors (Lipinski definition) is 2. The van der Waals surface area contributed by atoms with Crippen LogP contribution in [0.4, 0.5) is 0 Å². The number of fused-ring (bicyclic) bond motifs is 1. The first kappa shape index (κ1) is 19.5. The fraction of sp³-hybridized carbons (Fsp3) is 0.375. The van der Waals surface area contributed by atoms with E-state index in [0.717, 1.165) is 31.4 Å². The lowest BCUT2D eigenvalue weighted by molar-refractivity contribution is 0.0443. The highest BCUT2D eigenvalue weighted by Gasteiger charge is 2.22. The summed E-state index contributed by atoms with van der Waals surface area (Å²) in [6, 6.07) is 16.9. The van der Waals surface area contributed by atoms with Crippen LogP contribution in [0, 0.1) is 6.92 Å². The van der Waals surface area contributed by atoms with E-state index < -0.39 is 5.60 Å². The average Bonchev–Trinajstić information content (AvgIpc) is 2.67. The number of rotatable bonds is 8. The highest BCUT2D eigenvalue weighted by molar-refractivity contribution is 5.85. The predicted molar refractivity (Wildman–Crippen MR) is 113 cm³/mol. The Labute approximate surface area is 162 Å². The van der Waals surface area contributed by atoms with Crippen LogP contribution in [0.3, 0.4) is 0 Å². The van der Waals surface area contributed by atoms with Gasteiger partial charge < -0.3 is 10.4 Å². The molecule has 3 rings (SSSR count). The van der Waals surface area contributed by atoms with Gasteiger partial charge in [-0.2, -0.15) is 0 Å². The summed E-state index contributed by atoms with van der Waals surface area (Å²) >= 11 is 0. The van der Waals surface area contributed by atoms with Gasteiger partial charge in [0.1, 0.15) is 0 Å². The number of benzene rings is 2. The summed E-state index contributed by atoms with van der Waals surface area (Å²) in [5.41, 5.74) is 2.74. The van der Waals surface area contributed by atoms with Crippen LogP contribution >= 0.6 is 0 Å². The van der Waals surface area contributed by atoms with E-state index in [4.69, 9.17) is 0 Å². The van der Waals surface area contributed by atoms with Gasteiger partial charge in [0.05, 0.1) is 5.60 Å². The Bertz CT molecular complexity index is 874. The van der Waals surface area contributed by atoms with Crippen molar-refractivity contribution in [2.75, 3.05) is 0 Å². The summed E-state index contributed by atoms with van der Waals surface area (Å²) in [7, 11) is 0. The van der Waals surface area contributed by atoms with Gasteiger partial charge in [0, 0.05) is 30.4 Å². The zero-order chi connectivity index (χ0) is 19.3. The second kappa shape index (κ2) is 8.64. The quantitative estimate of drug-likeness (QED) is 0.586. The van der Waals surface area contributed by atoms with E-state index in [1.165, 1.54) is 21.9 Å². The normalized spacial score (nSPS) is 14.8. The van der Waals surface area contributed by atoms with Gasteiger partial charge in [-0.3, -0.25) is 4.98 Å². The minimum atomic E-state index is -0.759. The summed E-state index contributed by atoms with van der Waals surface area (Å²) in [6.45, 7) is 7.09. The van der Waals surface area contributed by atoms with Gasteiger partial charge in [-0.1, -0.05) is 42.5 Å². The third-order valence-electron chi connectivity index (χ3n) is 5.38. The van der Waals surface area contributed by atoms with Gasteiger partial charge in [0.25, 0.3) is 0 Å². The molecule has 0 spiro atoms. The molecule has 0 aliphatic rings. The fourth-order valence-corrected chi connectivity index (χ4v) is 3.55. The highest BCUT2D eigenvalue weighted by atomic mass is 16.3. The Balaban J connectivity index is 1.49. The van der Waals surface area contributed by atoms with E-state index in [1.807, 2.05) is 49.6 Å². The third-order valence-corrected chi connectivity index (χ3v) is 5.38. The maximum absolute atomic E-state index is 10.7. The van der Waals surface area contributed by atoms with Crippen molar-refractivity contribution in [3.8, 4) is 0 Å². The number of nitrogens with zero attached hydrogens (tertiary/aromatic N) is 1. The van der Waals surface area contributed by atoms with Crippen molar-refractivity contribution >= 4 is 10.8 Å². The number of aryl methyl sites for hydroxylation is 1. The van der Waals surface area contributed by atoms with Crippen molar-refractivity contribution in [2.24, 2.45) is 0 Å². The average molecular weight is 363 g/mol. The summed E-state index contributed by atoms with van der Waals surface area (Å²) < 4.78 is 0. The van der Waals surface area contributed by atoms with Gasteiger partial charge in [0.2, 0.25) is 0 Å². The van der Waals surface area contributed by atoms with Crippen LogP contribution in [0.15, 0.2) is 60.9 Å². The molecule has 0 saturated heterocycles. The summed E-state index contributed by atoms with van der Waals surface area (Å²) in [5.74, 6) is 0. The number of pyridine rings is 1. The van der Waals surface area contributed by atoms with Crippen molar-refractivity contribution in [2.45, 2.75) is 58.2 Å². The van der Waals surface area contributed by atoms with Crippen molar-refractivity contribution in [1.82, 2.24) is 10.3 Å². The molecule has 3 aromatic rings. The molecule has 0 aliphatic carbocycles. The SMILES string of the molecule is Cc1cncc2ccc(CN[C@H](C)CCCC(C)(O)c3ccccc3)cc12. The van der Waals surface area contributed by atoms with E-state index in [9.17, 15) is 5.11 Å². The van der Waals surface area contributed by atoms with Crippen molar-refractivity contribution in [1.29, 1.82) is 0 Å². The molecule has 142 valence electrons. The molecule has 3 heteroatoms. The monoisotopic (exact) mass is 362 g/mol. The van der Waals surface area contributed by atoms with Gasteiger partial charge in [0.15, 0.2) is 0 Å². The molecule has 3 nitrogen and oxygen atoms in total. The van der Waals surface area contributed by atoms with Crippen LogP contribution in [-0.4, -0.2) is 16.1 Å². The molecule has 0 saturated carbocycles. The lowest BCUT2D eigenvalue weighted by Crippen LogP contribution is -2.27. The van der Waals surface area contributed by atoms with Gasteiger partial charge in [-0.15, -0.1) is 0 Å². The van der Waals surface area contributed by atoms with E-state index in [-0.39, 0.29) is 0 Å². The van der Waals surface area contributed by atoms with E-state index in [1.54, 1.807) is 0 Å². The van der Waals surface area contributed by atoms with E-state index >= 15 is 0 Å². The minimum Gasteiger partial charge on any atom is -0.385 e. The molecule has 0 bridgehead atoms. The van der Waals surface area contributed by atoms with Crippen LogP contribution in [0.5, 0.6) is 0 Å². The molecular formula is C24H30N2O. The van der Waals surface area contributed by atoms with Gasteiger partial charge in [-0.25, -0.2) is 0 Å². The Kier molecular flexibility index (Phi) is 6.25. The molecule has 2 N–H and O–H groups in total. The Morgan fingerprint density at radius 3 is 2.67 bits per heavy atom. The lowest BCUT2D eigenvalue weighted by atomic mass is 9.90. The number of nitrogens with one attached hydrogen (secondary N) is 1. The molecule has 0 aliphatic heterocycles. The number of aromatic nitrogens is 1. The molecule has 0 amide bonds. The first-order valence-corrected chi connectivity index (χ1v) is 9.80. The summed E-state index contributed by atoms with van der Waals surface area (Å²) in [5, 5.41) is 16.8. The number of hydrogen-bond acceptors (Lipinski definition) is 3. The molecule has 0 radical (unpaired) electrons. The van der Waals surface area contributed by atoms with Crippen LogP contribution < -0.4 is 5.32 Å². The van der Waals surface area contributed by atoms with Crippen LogP contribution in [0.1, 0.15) is 49.8 Å². The maximum Gasteiger partial charge on any atom is 0.0868 e. The second-order valence-corrected chi connectivity index (χ2v) is 7.83. The largest absolute Gasteiger partial charge is 0.385 e. The molecule has 2 atom stereocenters. The van der Waals surface area contributed by atoms with E-state index in [2.05, 4.69) is 42.3 Å². The fourth-order valence-electron chi connectivity index (χ4n) is 3.55. The van der Waals surface area contributed by atoms with Gasteiger partial charge in [-0.05, 0) is 68.2 Å². The first-order chi connectivity index (χ1) is 13.0. The van der Waals surface area contributed by atoms with Crippen LogP contribution in [0.25, 0.3) is 10.8 Å². The zero-order valence-corrected chi connectivity index (χ0v) is 16.6. The molecule has 0 fully saturated rings. The predicted octanol–water partition coefficient (Wildman–Crippen LogP) is 5.10. The van der Waals surface area contributed by atoms with Crippen LogP contribution in [0.2, 0.25) is 0 Å². The van der Waals surface area contributed by atoms with Crippen molar-refractivity contribution < 1.29 is 5.11 Å². The molecule has 27 heavy (non-hydrogen) atoms. The van der Waals surface area contributed by atoms with Gasteiger partial charge >= 0.3 is 0 Å². The Morgan fingerprint density at radius 2 is 1.89 bits per heavy atom. The second-order valence-electron chi connectivity index (χ2n) is 7.83. The first-order valence-electron chi connectivity index (χ1n) is 9.80. The number of aliphatic hydroxyl groups is 1. The third kappa shape index (κ3) is 5.15. The highest BCUT2D eigenvalue weighted by Crippen LogP contribution is 2.26. The Hall–Kier alpha value is -2.23. The molecule has 1 aromatic heterocycles. The minimum absolute atomic E-state index is 0.408. The molecule has 1 unspecified atom stereocenters. The molecular weight excluding hydrogens is 332 g/mol. The maximum atomic E-state index is 10.7. The summed E-state index contributed by atoms with van der Waals surface area (Å²) in [4.78, 5) is 4.26. The topological polar surface area (TPSA) is 45.2 Å². The smallest absolute Gasteiger partial charge is 0.0868 e. The Morgan fingerprint density at radius 1 is 1.11 bits per heavy atom. The zero-order valence-electron chi connectivity index (χ0n) is 16.6.